The number of methoxy groups -OCH3 is 1. The molecule has 0 unspecified atom stereocenters. The fourth-order valence-electron chi connectivity index (χ4n) is 4.11. The predicted octanol–water partition coefficient (Wildman–Crippen LogP) is 3.77. The molecular formula is C29H34FN3O5S. The summed E-state index contributed by atoms with van der Waals surface area (Å²) in [6.45, 7) is 1.82. The van der Waals surface area contributed by atoms with E-state index in [9.17, 15) is 22.4 Å². The third-order valence-corrected chi connectivity index (χ3v) is 7.24. The molecule has 0 radical (unpaired) electrons. The van der Waals surface area contributed by atoms with Crippen molar-refractivity contribution in [3.63, 3.8) is 0 Å². The Kier molecular flexibility index (Phi) is 10.4. The van der Waals surface area contributed by atoms with Crippen molar-refractivity contribution < 1.29 is 27.1 Å². The molecule has 3 aromatic rings. The number of hydrogen-bond donors (Lipinski definition) is 1. The van der Waals surface area contributed by atoms with Gasteiger partial charge in [-0.1, -0.05) is 49.4 Å². The molecule has 2 amide bonds. The summed E-state index contributed by atoms with van der Waals surface area (Å²) in [6, 6.07) is 20.3. The molecule has 208 valence electrons. The van der Waals surface area contributed by atoms with Gasteiger partial charge in [-0.05, 0) is 53.9 Å². The van der Waals surface area contributed by atoms with E-state index in [0.29, 0.717) is 24.3 Å². The van der Waals surface area contributed by atoms with Crippen LogP contribution in [0.4, 0.5) is 10.1 Å². The normalized spacial score (nSPS) is 11.9. The smallest absolute Gasteiger partial charge is 0.244 e. The minimum absolute atomic E-state index is 0.0358. The van der Waals surface area contributed by atoms with Gasteiger partial charge < -0.3 is 15.0 Å². The van der Waals surface area contributed by atoms with Crippen LogP contribution in [0.2, 0.25) is 0 Å². The molecule has 1 N–H and O–H groups in total. The van der Waals surface area contributed by atoms with E-state index in [1.54, 1.807) is 24.3 Å². The summed E-state index contributed by atoms with van der Waals surface area (Å²) in [5, 5.41) is 2.89. The number of sulfonamides is 1. The van der Waals surface area contributed by atoms with E-state index in [2.05, 4.69) is 5.32 Å². The number of rotatable bonds is 13. The van der Waals surface area contributed by atoms with Crippen LogP contribution < -0.4 is 14.4 Å². The Balaban J connectivity index is 2.04. The summed E-state index contributed by atoms with van der Waals surface area (Å²) >= 11 is 0. The van der Waals surface area contributed by atoms with Crippen molar-refractivity contribution >= 4 is 27.5 Å². The second-order valence-electron chi connectivity index (χ2n) is 9.12. The maximum Gasteiger partial charge on any atom is 0.244 e. The highest BCUT2D eigenvalue weighted by Crippen LogP contribution is 2.22. The van der Waals surface area contributed by atoms with Crippen molar-refractivity contribution in [2.75, 3.05) is 30.8 Å². The zero-order valence-electron chi connectivity index (χ0n) is 22.3. The fourth-order valence-corrected chi connectivity index (χ4v) is 4.96. The van der Waals surface area contributed by atoms with Crippen LogP contribution in [-0.2, 0) is 32.6 Å². The third-order valence-electron chi connectivity index (χ3n) is 6.10. The number of anilines is 1. The number of ether oxygens (including phenoxy) is 1. The maximum atomic E-state index is 13.9. The second-order valence-corrected chi connectivity index (χ2v) is 11.0. The molecule has 0 saturated carbocycles. The highest BCUT2D eigenvalue weighted by molar-refractivity contribution is 7.92. The van der Waals surface area contributed by atoms with E-state index < -0.39 is 34.3 Å². The first-order chi connectivity index (χ1) is 18.6. The number of carbonyl (C=O) groups is 2. The summed E-state index contributed by atoms with van der Waals surface area (Å²) in [6.07, 6.45) is 1.91. The molecule has 0 aromatic heterocycles. The number of amides is 2. The summed E-state index contributed by atoms with van der Waals surface area (Å²) in [5.41, 5.74) is 1.69. The zero-order chi connectivity index (χ0) is 28.4. The lowest BCUT2D eigenvalue weighted by Crippen LogP contribution is -2.53. The minimum Gasteiger partial charge on any atom is -0.497 e. The van der Waals surface area contributed by atoms with Crippen LogP contribution in [0.15, 0.2) is 78.9 Å². The van der Waals surface area contributed by atoms with Gasteiger partial charge in [0.25, 0.3) is 0 Å². The van der Waals surface area contributed by atoms with Crippen LogP contribution in [0.1, 0.15) is 24.5 Å². The molecule has 0 heterocycles. The average Bonchev–Trinajstić information content (AvgIpc) is 2.92. The number of hydrogen-bond acceptors (Lipinski definition) is 5. The Morgan fingerprint density at radius 2 is 1.64 bits per heavy atom. The molecule has 0 aliphatic carbocycles. The molecule has 0 fully saturated rings. The summed E-state index contributed by atoms with van der Waals surface area (Å²) in [7, 11) is -2.39. The van der Waals surface area contributed by atoms with Gasteiger partial charge >= 0.3 is 0 Å². The topological polar surface area (TPSA) is 96.0 Å². The Morgan fingerprint density at radius 1 is 0.974 bits per heavy atom. The predicted molar refractivity (Wildman–Crippen MR) is 149 cm³/mol. The second kappa shape index (κ2) is 13.7. The Bertz CT molecular complexity index is 1350. The highest BCUT2D eigenvalue weighted by atomic mass is 32.2. The monoisotopic (exact) mass is 555 g/mol. The molecule has 3 rings (SSSR count). The maximum absolute atomic E-state index is 13.9. The van der Waals surface area contributed by atoms with Crippen LogP contribution in [0.25, 0.3) is 0 Å². The Hall–Kier alpha value is -3.92. The minimum atomic E-state index is -3.92. The van der Waals surface area contributed by atoms with E-state index >= 15 is 0 Å². The van der Waals surface area contributed by atoms with Gasteiger partial charge in [-0.25, -0.2) is 12.8 Å². The van der Waals surface area contributed by atoms with E-state index in [0.717, 1.165) is 28.3 Å². The molecule has 0 saturated heterocycles. The molecule has 10 heteroatoms. The molecule has 8 nitrogen and oxygen atoms in total. The first-order valence-corrected chi connectivity index (χ1v) is 14.4. The number of nitrogens with zero attached hydrogens (tertiary/aromatic N) is 2. The molecule has 0 bridgehead atoms. The molecule has 1 atom stereocenters. The van der Waals surface area contributed by atoms with E-state index in [1.807, 2.05) is 37.3 Å². The van der Waals surface area contributed by atoms with Crippen LogP contribution in [0.5, 0.6) is 5.75 Å². The molecule has 3 aromatic carbocycles. The number of nitrogens with one attached hydrogen (secondary N) is 1. The molecule has 39 heavy (non-hydrogen) atoms. The molecule has 0 aliphatic heterocycles. The third kappa shape index (κ3) is 8.54. The summed E-state index contributed by atoms with van der Waals surface area (Å²) < 4.78 is 45.2. The first-order valence-electron chi connectivity index (χ1n) is 12.6. The quantitative estimate of drug-likeness (QED) is 0.347. The lowest BCUT2D eigenvalue weighted by atomic mass is 10.0. The van der Waals surface area contributed by atoms with Crippen molar-refractivity contribution in [1.29, 1.82) is 0 Å². The van der Waals surface area contributed by atoms with Crippen molar-refractivity contribution in [3.05, 3.63) is 95.8 Å². The summed E-state index contributed by atoms with van der Waals surface area (Å²) in [4.78, 5) is 28.8. The SMILES string of the molecule is CCCNC(=O)[C@@H](Cc1ccccc1)N(Cc1cccc(OC)c1)C(=O)CN(c1ccc(F)cc1)S(C)(=O)=O. The molecule has 0 aliphatic rings. The van der Waals surface area contributed by atoms with Crippen LogP contribution >= 0.6 is 0 Å². The van der Waals surface area contributed by atoms with Gasteiger partial charge in [0.05, 0.1) is 19.1 Å². The number of benzene rings is 3. The van der Waals surface area contributed by atoms with E-state index in [4.69, 9.17) is 4.74 Å². The van der Waals surface area contributed by atoms with Crippen molar-refractivity contribution in [1.82, 2.24) is 10.2 Å². The standard InChI is InChI=1S/C29H34FN3O5S/c1-4-17-31-29(35)27(19-22-9-6-5-7-10-22)32(20-23-11-8-12-26(18-23)38-2)28(34)21-33(39(3,36)37)25-15-13-24(30)14-16-25/h5-16,18,27H,4,17,19-21H2,1-3H3,(H,31,35)/t27-/m1/s1. The van der Waals surface area contributed by atoms with Gasteiger partial charge in [0, 0.05) is 19.5 Å². The van der Waals surface area contributed by atoms with Gasteiger partial charge in [-0.2, -0.15) is 0 Å². The lowest BCUT2D eigenvalue weighted by Gasteiger charge is -2.33. The first kappa shape index (κ1) is 29.6. The zero-order valence-corrected chi connectivity index (χ0v) is 23.2. The van der Waals surface area contributed by atoms with Crippen molar-refractivity contribution in [3.8, 4) is 5.75 Å². The average molecular weight is 556 g/mol. The van der Waals surface area contributed by atoms with Gasteiger partial charge in [-0.3, -0.25) is 13.9 Å². The van der Waals surface area contributed by atoms with Gasteiger partial charge in [0.15, 0.2) is 0 Å². The molecule has 0 spiro atoms. The van der Waals surface area contributed by atoms with Gasteiger partial charge in [0.1, 0.15) is 24.2 Å². The largest absolute Gasteiger partial charge is 0.497 e. The molecular weight excluding hydrogens is 521 g/mol. The Labute approximate surface area is 229 Å². The van der Waals surface area contributed by atoms with Gasteiger partial charge in [-0.15, -0.1) is 0 Å². The van der Waals surface area contributed by atoms with E-state index in [-0.39, 0.29) is 24.6 Å². The number of halogens is 1. The van der Waals surface area contributed by atoms with Crippen molar-refractivity contribution in [2.45, 2.75) is 32.4 Å². The van der Waals surface area contributed by atoms with Crippen LogP contribution in [0.3, 0.4) is 0 Å². The Morgan fingerprint density at radius 3 is 2.26 bits per heavy atom. The van der Waals surface area contributed by atoms with Crippen LogP contribution in [0, 0.1) is 5.82 Å². The van der Waals surface area contributed by atoms with Crippen LogP contribution in [-0.4, -0.2) is 57.6 Å². The lowest BCUT2D eigenvalue weighted by molar-refractivity contribution is -0.140. The summed E-state index contributed by atoms with van der Waals surface area (Å²) in [5.74, 6) is -0.877. The van der Waals surface area contributed by atoms with E-state index in [1.165, 1.54) is 24.1 Å². The fraction of sp³-hybridized carbons (Fsp3) is 0.310. The van der Waals surface area contributed by atoms with Gasteiger partial charge in [0.2, 0.25) is 21.8 Å². The van der Waals surface area contributed by atoms with Crippen molar-refractivity contribution in [2.24, 2.45) is 0 Å². The number of carbonyl (C=O) groups excluding carboxylic acids is 2. The highest BCUT2D eigenvalue weighted by Gasteiger charge is 2.33.